The highest BCUT2D eigenvalue weighted by atomic mass is 16.2. The van der Waals surface area contributed by atoms with Crippen LogP contribution in [0.4, 0.5) is 4.79 Å². The number of likely N-dealkylation sites (tertiary alicyclic amines) is 1. The molecule has 0 saturated carbocycles. The van der Waals surface area contributed by atoms with Crippen LogP contribution in [-0.4, -0.2) is 38.6 Å². The number of hydrogen-bond acceptors (Lipinski definition) is 3. The molecule has 3 rings (SSSR count). The number of carbonyl (C=O) groups is 1. The number of rotatable bonds is 6. The molecule has 3 heterocycles. The highest BCUT2D eigenvalue weighted by molar-refractivity contribution is 5.74. The van der Waals surface area contributed by atoms with Crippen molar-refractivity contribution in [3.63, 3.8) is 0 Å². The minimum Gasteiger partial charge on any atom is -0.337 e. The number of pyridine rings is 1. The van der Waals surface area contributed by atoms with Gasteiger partial charge in [0.1, 0.15) is 0 Å². The Morgan fingerprint density at radius 1 is 1.27 bits per heavy atom. The van der Waals surface area contributed by atoms with Crippen molar-refractivity contribution in [1.82, 2.24) is 24.8 Å². The summed E-state index contributed by atoms with van der Waals surface area (Å²) in [7, 11) is 0. The van der Waals surface area contributed by atoms with E-state index in [1.807, 2.05) is 42.0 Å². The van der Waals surface area contributed by atoms with Crippen LogP contribution in [0.25, 0.3) is 0 Å². The molecular formula is C20H29N5O. The molecule has 1 atom stereocenters. The molecule has 0 aromatic carbocycles. The summed E-state index contributed by atoms with van der Waals surface area (Å²) in [4.78, 5) is 23.0. The van der Waals surface area contributed by atoms with E-state index in [4.69, 9.17) is 0 Å². The van der Waals surface area contributed by atoms with Crippen LogP contribution in [0, 0.1) is 11.8 Å². The van der Waals surface area contributed by atoms with Crippen molar-refractivity contribution in [2.75, 3.05) is 13.1 Å². The molecule has 1 aliphatic rings. The Bertz CT molecular complexity index is 663. The van der Waals surface area contributed by atoms with Gasteiger partial charge in [0.2, 0.25) is 0 Å². The maximum atomic E-state index is 12.8. The Morgan fingerprint density at radius 3 is 2.69 bits per heavy atom. The van der Waals surface area contributed by atoms with Gasteiger partial charge in [-0.15, -0.1) is 0 Å². The summed E-state index contributed by atoms with van der Waals surface area (Å²) in [5, 5.41) is 3.23. The molecule has 2 amide bonds. The van der Waals surface area contributed by atoms with Crippen LogP contribution in [0.15, 0.2) is 43.2 Å². The van der Waals surface area contributed by atoms with Gasteiger partial charge in [0.05, 0.1) is 12.4 Å². The van der Waals surface area contributed by atoms with E-state index in [0.29, 0.717) is 11.8 Å². The fourth-order valence-corrected chi connectivity index (χ4v) is 3.58. The minimum atomic E-state index is 0.0138. The van der Waals surface area contributed by atoms with Crippen molar-refractivity contribution in [3.8, 4) is 0 Å². The largest absolute Gasteiger partial charge is 0.337 e. The van der Waals surface area contributed by atoms with Crippen LogP contribution in [0.3, 0.4) is 0 Å². The summed E-state index contributed by atoms with van der Waals surface area (Å²) in [6.07, 6.45) is 12.3. The number of urea groups is 1. The van der Waals surface area contributed by atoms with Gasteiger partial charge in [0.15, 0.2) is 0 Å². The summed E-state index contributed by atoms with van der Waals surface area (Å²) >= 11 is 0. The molecule has 1 N–H and O–H groups in total. The minimum absolute atomic E-state index is 0.0138. The lowest BCUT2D eigenvalue weighted by Crippen LogP contribution is -2.46. The van der Waals surface area contributed by atoms with E-state index in [9.17, 15) is 4.79 Å². The van der Waals surface area contributed by atoms with E-state index in [1.54, 1.807) is 6.20 Å². The van der Waals surface area contributed by atoms with Crippen LogP contribution in [0.2, 0.25) is 0 Å². The first-order chi connectivity index (χ1) is 12.6. The van der Waals surface area contributed by atoms with Crippen molar-refractivity contribution in [1.29, 1.82) is 0 Å². The van der Waals surface area contributed by atoms with Crippen molar-refractivity contribution in [2.24, 2.45) is 11.8 Å². The molecule has 0 aliphatic carbocycles. The van der Waals surface area contributed by atoms with Crippen molar-refractivity contribution in [3.05, 3.63) is 48.8 Å². The lowest BCUT2D eigenvalue weighted by molar-refractivity contribution is 0.161. The third kappa shape index (κ3) is 5.07. The van der Waals surface area contributed by atoms with E-state index >= 15 is 0 Å². The van der Waals surface area contributed by atoms with E-state index < -0.39 is 0 Å². The van der Waals surface area contributed by atoms with Crippen molar-refractivity contribution in [2.45, 2.75) is 45.7 Å². The van der Waals surface area contributed by atoms with Gasteiger partial charge in [-0.3, -0.25) is 4.98 Å². The first kappa shape index (κ1) is 18.4. The fraction of sp³-hybridized carbons (Fsp3) is 0.550. The smallest absolute Gasteiger partial charge is 0.317 e. The summed E-state index contributed by atoms with van der Waals surface area (Å²) < 4.78 is 2.13. The SMILES string of the molecule is CC(C)C[C@@H](NC(=O)N1CCC(Cn2ccnc2)CC1)c1cccnc1. The Morgan fingerprint density at radius 2 is 2.08 bits per heavy atom. The Labute approximate surface area is 155 Å². The third-order valence-corrected chi connectivity index (χ3v) is 5.02. The Balaban J connectivity index is 1.53. The summed E-state index contributed by atoms with van der Waals surface area (Å²) in [6, 6.07) is 4.02. The first-order valence-corrected chi connectivity index (χ1v) is 9.53. The number of imidazole rings is 1. The number of piperidine rings is 1. The predicted molar refractivity (Wildman–Crippen MR) is 101 cm³/mol. The second-order valence-electron chi connectivity index (χ2n) is 7.61. The van der Waals surface area contributed by atoms with Gasteiger partial charge in [0, 0.05) is 44.4 Å². The van der Waals surface area contributed by atoms with Gasteiger partial charge in [0.25, 0.3) is 0 Å². The van der Waals surface area contributed by atoms with Crippen LogP contribution in [0.1, 0.15) is 44.7 Å². The number of aromatic nitrogens is 3. The zero-order valence-electron chi connectivity index (χ0n) is 15.7. The monoisotopic (exact) mass is 355 g/mol. The van der Waals surface area contributed by atoms with Crippen molar-refractivity contribution < 1.29 is 4.79 Å². The topological polar surface area (TPSA) is 63.1 Å². The van der Waals surface area contributed by atoms with Crippen LogP contribution in [0.5, 0.6) is 0 Å². The molecule has 0 spiro atoms. The van der Waals surface area contributed by atoms with E-state index in [2.05, 4.69) is 33.7 Å². The van der Waals surface area contributed by atoms with Gasteiger partial charge in [-0.05, 0) is 42.7 Å². The lowest BCUT2D eigenvalue weighted by atomic mass is 9.96. The molecule has 1 aliphatic heterocycles. The summed E-state index contributed by atoms with van der Waals surface area (Å²) in [6.45, 7) is 6.97. The fourth-order valence-electron chi connectivity index (χ4n) is 3.58. The molecular weight excluding hydrogens is 326 g/mol. The number of hydrogen-bond donors (Lipinski definition) is 1. The quantitative estimate of drug-likeness (QED) is 0.863. The van der Waals surface area contributed by atoms with Crippen molar-refractivity contribution >= 4 is 6.03 Å². The van der Waals surface area contributed by atoms with E-state index in [1.165, 1.54) is 0 Å². The first-order valence-electron chi connectivity index (χ1n) is 9.53. The molecule has 0 radical (unpaired) electrons. The predicted octanol–water partition coefficient (Wildman–Crippen LogP) is 3.49. The Hall–Kier alpha value is -2.37. The average Bonchev–Trinajstić information content (AvgIpc) is 3.15. The van der Waals surface area contributed by atoms with Crippen LogP contribution in [-0.2, 0) is 6.54 Å². The lowest BCUT2D eigenvalue weighted by Gasteiger charge is -2.33. The molecule has 2 aromatic heterocycles. The zero-order valence-corrected chi connectivity index (χ0v) is 15.7. The highest BCUT2D eigenvalue weighted by Gasteiger charge is 2.25. The van der Waals surface area contributed by atoms with Gasteiger partial charge in [-0.2, -0.15) is 0 Å². The number of nitrogens with one attached hydrogen (secondary N) is 1. The Kier molecular flexibility index (Phi) is 6.26. The molecule has 1 saturated heterocycles. The summed E-state index contributed by atoms with van der Waals surface area (Å²) in [5.74, 6) is 1.11. The summed E-state index contributed by atoms with van der Waals surface area (Å²) in [5.41, 5.74) is 1.07. The molecule has 0 bridgehead atoms. The molecule has 6 nitrogen and oxygen atoms in total. The van der Waals surface area contributed by atoms with E-state index in [0.717, 1.165) is 44.5 Å². The normalized spacial score (nSPS) is 16.7. The number of amides is 2. The van der Waals surface area contributed by atoms with Gasteiger partial charge in [-0.25, -0.2) is 9.78 Å². The van der Waals surface area contributed by atoms with Gasteiger partial charge in [-0.1, -0.05) is 19.9 Å². The number of nitrogens with zero attached hydrogens (tertiary/aromatic N) is 4. The maximum Gasteiger partial charge on any atom is 0.317 e. The zero-order chi connectivity index (χ0) is 18.4. The van der Waals surface area contributed by atoms with Gasteiger partial charge >= 0.3 is 6.03 Å². The highest BCUT2D eigenvalue weighted by Crippen LogP contribution is 2.23. The molecule has 1 fully saturated rings. The standard InChI is InChI=1S/C20H29N5O/c1-16(2)12-19(18-4-3-7-21-13-18)23-20(26)25-9-5-17(6-10-25)14-24-11-8-22-15-24/h3-4,7-8,11,13,15-17,19H,5-6,9-10,12,14H2,1-2H3,(H,23,26)/t19-/m1/s1. The molecule has 0 unspecified atom stereocenters. The third-order valence-electron chi connectivity index (χ3n) is 5.02. The van der Waals surface area contributed by atoms with Gasteiger partial charge < -0.3 is 14.8 Å². The number of carbonyl (C=O) groups excluding carboxylic acids is 1. The van der Waals surface area contributed by atoms with Crippen LogP contribution >= 0.6 is 0 Å². The second-order valence-corrected chi connectivity index (χ2v) is 7.61. The van der Waals surface area contributed by atoms with E-state index in [-0.39, 0.29) is 12.1 Å². The molecule has 140 valence electrons. The molecule has 2 aromatic rings. The van der Waals surface area contributed by atoms with Crippen LogP contribution < -0.4 is 5.32 Å². The average molecular weight is 355 g/mol. The second kappa shape index (κ2) is 8.83. The molecule has 6 heteroatoms. The molecule has 26 heavy (non-hydrogen) atoms. The maximum absolute atomic E-state index is 12.8.